The number of amides is 1. The summed E-state index contributed by atoms with van der Waals surface area (Å²) in [6.07, 6.45) is -3.08. The van der Waals surface area contributed by atoms with E-state index in [-0.39, 0.29) is 23.2 Å². The quantitative estimate of drug-likeness (QED) is 0.819. The van der Waals surface area contributed by atoms with E-state index in [0.717, 1.165) is 25.0 Å². The monoisotopic (exact) mass is 290 g/mol. The fourth-order valence-corrected chi connectivity index (χ4v) is 1.72. The number of hydrogen-bond acceptors (Lipinski definition) is 3. The Labute approximate surface area is 115 Å². The van der Waals surface area contributed by atoms with Gasteiger partial charge in [-0.25, -0.2) is 0 Å². The second kappa shape index (κ2) is 6.49. The molecule has 0 fully saturated rings. The third-order valence-corrected chi connectivity index (χ3v) is 2.60. The summed E-state index contributed by atoms with van der Waals surface area (Å²) in [6, 6.07) is 3.42. The van der Waals surface area contributed by atoms with Crippen molar-refractivity contribution in [3.8, 4) is 5.75 Å². The molecular formula is C13H17F3N2O2. The van der Waals surface area contributed by atoms with Crippen molar-refractivity contribution in [3.63, 3.8) is 0 Å². The number of nitrogen functional groups attached to an aromatic ring is 1. The highest BCUT2D eigenvalue weighted by Crippen LogP contribution is 2.28. The van der Waals surface area contributed by atoms with Gasteiger partial charge in [-0.15, -0.1) is 13.2 Å². The summed E-state index contributed by atoms with van der Waals surface area (Å²) in [5, 5.41) is 2.73. The molecule has 1 aromatic rings. The van der Waals surface area contributed by atoms with Crippen LogP contribution in [0.3, 0.4) is 0 Å². The lowest BCUT2D eigenvalue weighted by Crippen LogP contribution is -2.32. The van der Waals surface area contributed by atoms with Crippen LogP contribution in [0.1, 0.15) is 37.0 Å². The molecule has 20 heavy (non-hydrogen) atoms. The highest BCUT2D eigenvalue weighted by Gasteiger charge is 2.32. The van der Waals surface area contributed by atoms with E-state index in [2.05, 4.69) is 10.1 Å². The van der Waals surface area contributed by atoms with E-state index in [1.165, 1.54) is 6.07 Å². The van der Waals surface area contributed by atoms with Gasteiger partial charge in [0.15, 0.2) is 5.75 Å². The first-order chi connectivity index (χ1) is 9.23. The van der Waals surface area contributed by atoms with E-state index in [1.54, 1.807) is 0 Å². The van der Waals surface area contributed by atoms with Gasteiger partial charge < -0.3 is 15.8 Å². The maximum absolute atomic E-state index is 12.1. The third kappa shape index (κ3) is 4.99. The second-order valence-corrected chi connectivity index (χ2v) is 4.46. The number of anilines is 1. The lowest BCUT2D eigenvalue weighted by Gasteiger charge is -2.14. The maximum Gasteiger partial charge on any atom is 0.573 e. The van der Waals surface area contributed by atoms with E-state index in [1.807, 2.05) is 13.8 Å². The highest BCUT2D eigenvalue weighted by atomic mass is 19.4. The molecule has 0 heterocycles. The van der Waals surface area contributed by atoms with Crippen LogP contribution < -0.4 is 15.8 Å². The van der Waals surface area contributed by atoms with Crippen LogP contribution in [-0.4, -0.2) is 18.3 Å². The molecule has 0 aliphatic rings. The van der Waals surface area contributed by atoms with Crippen LogP contribution in [0, 0.1) is 0 Å². The Kier molecular flexibility index (Phi) is 5.24. The minimum absolute atomic E-state index is 0.0140. The topological polar surface area (TPSA) is 64.3 Å². The van der Waals surface area contributed by atoms with Gasteiger partial charge in [0.05, 0.1) is 5.69 Å². The first kappa shape index (κ1) is 16.1. The van der Waals surface area contributed by atoms with Crippen LogP contribution in [0.2, 0.25) is 0 Å². The number of carbonyl (C=O) groups excluding carboxylic acids is 1. The van der Waals surface area contributed by atoms with Crippen LogP contribution in [0.25, 0.3) is 0 Å². The fraction of sp³-hybridized carbons (Fsp3) is 0.462. The number of nitrogens with two attached hydrogens (primary N) is 1. The third-order valence-electron chi connectivity index (χ3n) is 2.60. The van der Waals surface area contributed by atoms with Crippen LogP contribution in [0.4, 0.5) is 18.9 Å². The van der Waals surface area contributed by atoms with Crippen molar-refractivity contribution in [2.75, 3.05) is 5.73 Å². The molecule has 0 radical (unpaired) electrons. The summed E-state index contributed by atoms with van der Waals surface area (Å²) in [5.41, 5.74) is 5.41. The average molecular weight is 290 g/mol. The van der Waals surface area contributed by atoms with Crippen molar-refractivity contribution in [1.29, 1.82) is 0 Å². The zero-order valence-electron chi connectivity index (χ0n) is 11.3. The molecule has 1 atom stereocenters. The minimum Gasteiger partial charge on any atom is -0.404 e. The van der Waals surface area contributed by atoms with Gasteiger partial charge in [-0.1, -0.05) is 13.3 Å². The van der Waals surface area contributed by atoms with Gasteiger partial charge in [0.2, 0.25) is 0 Å². The van der Waals surface area contributed by atoms with Gasteiger partial charge in [-0.05, 0) is 31.5 Å². The molecule has 0 saturated carbocycles. The average Bonchev–Trinajstić information content (AvgIpc) is 2.30. The molecule has 0 aromatic heterocycles. The molecule has 112 valence electrons. The predicted octanol–water partition coefficient (Wildman–Crippen LogP) is 3.09. The van der Waals surface area contributed by atoms with E-state index in [9.17, 15) is 18.0 Å². The first-order valence-electron chi connectivity index (χ1n) is 6.19. The Hall–Kier alpha value is -1.92. The number of carbonyl (C=O) groups is 1. The summed E-state index contributed by atoms with van der Waals surface area (Å²) in [6.45, 7) is 3.84. The highest BCUT2D eigenvalue weighted by molar-refractivity contribution is 5.95. The Balaban J connectivity index is 2.79. The lowest BCUT2D eigenvalue weighted by molar-refractivity contribution is -0.274. The molecule has 1 amide bonds. The normalized spacial score (nSPS) is 12.8. The van der Waals surface area contributed by atoms with E-state index in [4.69, 9.17) is 5.73 Å². The van der Waals surface area contributed by atoms with Gasteiger partial charge in [0, 0.05) is 11.6 Å². The summed E-state index contributed by atoms with van der Waals surface area (Å²) in [4.78, 5) is 11.8. The standard InChI is InChI=1S/C13H17F3N2O2/c1-3-4-8(2)18-12(19)9-5-6-11(10(17)7-9)20-13(14,15)16/h5-8H,3-4,17H2,1-2H3,(H,18,19). The molecule has 1 rings (SSSR count). The molecule has 7 heteroatoms. The SMILES string of the molecule is CCCC(C)NC(=O)c1ccc(OC(F)(F)F)c(N)c1. The minimum atomic E-state index is -4.81. The summed E-state index contributed by atoms with van der Waals surface area (Å²) >= 11 is 0. The van der Waals surface area contributed by atoms with Gasteiger partial charge in [-0.3, -0.25) is 4.79 Å². The first-order valence-corrected chi connectivity index (χ1v) is 6.19. The molecule has 1 aromatic carbocycles. The molecule has 0 spiro atoms. The predicted molar refractivity (Wildman–Crippen MR) is 69.4 cm³/mol. The van der Waals surface area contributed by atoms with Crippen LogP contribution >= 0.6 is 0 Å². The fourth-order valence-electron chi connectivity index (χ4n) is 1.72. The number of halogens is 3. The molecular weight excluding hydrogens is 273 g/mol. The number of ether oxygens (including phenoxy) is 1. The second-order valence-electron chi connectivity index (χ2n) is 4.46. The largest absolute Gasteiger partial charge is 0.573 e. The molecule has 4 nitrogen and oxygen atoms in total. The zero-order chi connectivity index (χ0) is 15.3. The van der Waals surface area contributed by atoms with E-state index in [0.29, 0.717) is 0 Å². The Morgan fingerprint density at radius 2 is 2.10 bits per heavy atom. The van der Waals surface area contributed by atoms with Gasteiger partial charge in [0.1, 0.15) is 0 Å². The Morgan fingerprint density at radius 3 is 2.60 bits per heavy atom. The van der Waals surface area contributed by atoms with E-state index < -0.39 is 12.1 Å². The summed E-state index contributed by atoms with van der Waals surface area (Å²) in [7, 11) is 0. The number of alkyl halides is 3. The molecule has 0 bridgehead atoms. The van der Waals surface area contributed by atoms with E-state index >= 15 is 0 Å². The van der Waals surface area contributed by atoms with Crippen molar-refractivity contribution < 1.29 is 22.7 Å². The molecule has 0 saturated heterocycles. The number of rotatable bonds is 5. The Morgan fingerprint density at radius 1 is 1.45 bits per heavy atom. The maximum atomic E-state index is 12.1. The molecule has 3 N–H and O–H groups in total. The molecule has 0 aliphatic carbocycles. The van der Waals surface area contributed by atoms with Crippen LogP contribution in [0.5, 0.6) is 5.75 Å². The zero-order valence-corrected chi connectivity index (χ0v) is 11.3. The van der Waals surface area contributed by atoms with Crippen LogP contribution in [-0.2, 0) is 0 Å². The smallest absolute Gasteiger partial charge is 0.404 e. The van der Waals surface area contributed by atoms with Crippen LogP contribution in [0.15, 0.2) is 18.2 Å². The van der Waals surface area contributed by atoms with Gasteiger partial charge in [-0.2, -0.15) is 0 Å². The van der Waals surface area contributed by atoms with Gasteiger partial charge >= 0.3 is 6.36 Å². The number of nitrogens with one attached hydrogen (secondary N) is 1. The number of hydrogen-bond donors (Lipinski definition) is 2. The summed E-state index contributed by atoms with van der Waals surface area (Å²) < 4.78 is 40.0. The van der Waals surface area contributed by atoms with Crippen molar-refractivity contribution in [2.45, 2.75) is 39.1 Å². The molecule has 0 aliphatic heterocycles. The van der Waals surface area contributed by atoms with Crippen molar-refractivity contribution in [1.82, 2.24) is 5.32 Å². The van der Waals surface area contributed by atoms with Crippen molar-refractivity contribution >= 4 is 11.6 Å². The number of benzene rings is 1. The molecule has 1 unspecified atom stereocenters. The van der Waals surface area contributed by atoms with Gasteiger partial charge in [0.25, 0.3) is 5.91 Å². The summed E-state index contributed by atoms with van der Waals surface area (Å²) in [5.74, 6) is -0.896. The lowest BCUT2D eigenvalue weighted by atomic mass is 10.1. The Bertz CT molecular complexity index is 475. The van der Waals surface area contributed by atoms with Crippen molar-refractivity contribution in [3.05, 3.63) is 23.8 Å². The van der Waals surface area contributed by atoms with Crippen molar-refractivity contribution in [2.24, 2.45) is 0 Å².